The molecule has 0 unspecified atom stereocenters. The Hall–Kier alpha value is -1.07. The van der Waals surface area contributed by atoms with E-state index in [4.69, 9.17) is 5.11 Å². The number of carboxylic acid groups (broad SMARTS) is 1. The zero-order valence-corrected chi connectivity index (χ0v) is 10.3. The molecule has 1 heterocycles. The van der Waals surface area contributed by atoms with Crippen LogP contribution in [-0.2, 0) is 4.79 Å². The molecule has 0 aliphatic rings. The molecular formula is C11H11NO2S2. The molecule has 1 aromatic heterocycles. The largest absolute Gasteiger partial charge is 0.480 e. The molecule has 1 atom stereocenters. The second kappa shape index (κ2) is 4.84. The topological polar surface area (TPSA) is 50.2 Å². The summed E-state index contributed by atoms with van der Waals surface area (Å²) in [6.07, 6.45) is 0.607. The Kier molecular flexibility index (Phi) is 3.46. The van der Waals surface area contributed by atoms with Crippen molar-refractivity contribution in [2.75, 3.05) is 0 Å². The van der Waals surface area contributed by atoms with Gasteiger partial charge < -0.3 is 5.11 Å². The Morgan fingerprint density at radius 3 is 2.94 bits per heavy atom. The molecule has 0 fully saturated rings. The van der Waals surface area contributed by atoms with Gasteiger partial charge in [-0.15, -0.1) is 11.3 Å². The van der Waals surface area contributed by atoms with E-state index >= 15 is 0 Å². The fourth-order valence-electron chi connectivity index (χ4n) is 1.33. The number of hydrogen-bond donors (Lipinski definition) is 1. The van der Waals surface area contributed by atoms with Crippen molar-refractivity contribution in [1.82, 2.24) is 4.98 Å². The van der Waals surface area contributed by atoms with Crippen molar-refractivity contribution in [2.24, 2.45) is 0 Å². The van der Waals surface area contributed by atoms with Crippen LogP contribution >= 0.6 is 23.1 Å². The van der Waals surface area contributed by atoms with Gasteiger partial charge in [0.1, 0.15) is 5.25 Å². The number of benzene rings is 1. The van der Waals surface area contributed by atoms with E-state index in [1.807, 2.05) is 31.2 Å². The lowest BCUT2D eigenvalue weighted by molar-refractivity contribution is -0.136. The van der Waals surface area contributed by atoms with Gasteiger partial charge in [0.25, 0.3) is 0 Å². The van der Waals surface area contributed by atoms with Crippen molar-refractivity contribution >= 4 is 39.3 Å². The first kappa shape index (κ1) is 11.4. The molecule has 0 aliphatic heterocycles. The van der Waals surface area contributed by atoms with Gasteiger partial charge >= 0.3 is 5.97 Å². The zero-order chi connectivity index (χ0) is 11.5. The van der Waals surface area contributed by atoms with E-state index in [0.29, 0.717) is 6.42 Å². The van der Waals surface area contributed by atoms with Crippen LogP contribution in [0.2, 0.25) is 0 Å². The molecule has 5 heteroatoms. The van der Waals surface area contributed by atoms with Crippen molar-refractivity contribution in [3.63, 3.8) is 0 Å². The summed E-state index contributed by atoms with van der Waals surface area (Å²) < 4.78 is 1.93. The molecule has 3 nitrogen and oxygen atoms in total. The van der Waals surface area contributed by atoms with Gasteiger partial charge in [-0.1, -0.05) is 30.8 Å². The molecular weight excluding hydrogens is 242 g/mol. The third kappa shape index (κ3) is 2.36. The third-order valence-electron chi connectivity index (χ3n) is 2.16. The van der Waals surface area contributed by atoms with Crippen molar-refractivity contribution in [3.05, 3.63) is 24.3 Å². The smallest absolute Gasteiger partial charge is 0.317 e. The van der Waals surface area contributed by atoms with E-state index in [2.05, 4.69) is 4.98 Å². The van der Waals surface area contributed by atoms with Crippen LogP contribution in [0, 0.1) is 0 Å². The Morgan fingerprint density at radius 2 is 2.31 bits per heavy atom. The normalized spacial score (nSPS) is 12.8. The number of para-hydroxylation sites is 1. The average Bonchev–Trinajstić information content (AvgIpc) is 2.67. The maximum Gasteiger partial charge on any atom is 0.317 e. The SMILES string of the molecule is CC[C@@H](Sc1nc2ccccc2s1)C(=O)O. The number of rotatable bonds is 4. The number of aromatic nitrogens is 1. The molecule has 0 saturated carbocycles. The second-order valence-electron chi connectivity index (χ2n) is 3.30. The van der Waals surface area contributed by atoms with E-state index in [1.165, 1.54) is 11.8 Å². The number of fused-ring (bicyclic) bond motifs is 1. The zero-order valence-electron chi connectivity index (χ0n) is 8.71. The van der Waals surface area contributed by atoms with Crippen LogP contribution in [0.25, 0.3) is 10.2 Å². The fourth-order valence-corrected chi connectivity index (χ4v) is 3.50. The van der Waals surface area contributed by atoms with Crippen LogP contribution < -0.4 is 0 Å². The van der Waals surface area contributed by atoms with Crippen LogP contribution in [0.5, 0.6) is 0 Å². The first-order valence-electron chi connectivity index (χ1n) is 4.95. The van der Waals surface area contributed by atoms with Crippen LogP contribution in [0.15, 0.2) is 28.6 Å². The van der Waals surface area contributed by atoms with E-state index in [-0.39, 0.29) is 0 Å². The molecule has 0 bridgehead atoms. The highest BCUT2D eigenvalue weighted by molar-refractivity contribution is 8.02. The molecule has 0 spiro atoms. The number of carbonyl (C=O) groups is 1. The number of hydrogen-bond acceptors (Lipinski definition) is 4. The lowest BCUT2D eigenvalue weighted by Gasteiger charge is -2.05. The maximum absolute atomic E-state index is 10.9. The van der Waals surface area contributed by atoms with E-state index in [9.17, 15) is 4.79 Å². The second-order valence-corrected chi connectivity index (χ2v) is 5.78. The van der Waals surface area contributed by atoms with Crippen molar-refractivity contribution < 1.29 is 9.90 Å². The first-order valence-corrected chi connectivity index (χ1v) is 6.65. The van der Waals surface area contributed by atoms with E-state index in [0.717, 1.165) is 14.6 Å². The molecule has 2 rings (SSSR count). The minimum Gasteiger partial charge on any atom is -0.480 e. The maximum atomic E-state index is 10.9. The van der Waals surface area contributed by atoms with Gasteiger partial charge in [0.15, 0.2) is 4.34 Å². The van der Waals surface area contributed by atoms with Crippen molar-refractivity contribution in [1.29, 1.82) is 0 Å². The van der Waals surface area contributed by atoms with Gasteiger partial charge in [0, 0.05) is 0 Å². The van der Waals surface area contributed by atoms with E-state index in [1.54, 1.807) is 11.3 Å². The molecule has 0 saturated heterocycles. The van der Waals surface area contributed by atoms with Gasteiger partial charge in [-0.3, -0.25) is 4.79 Å². The van der Waals surface area contributed by atoms with Gasteiger partial charge in [0.2, 0.25) is 0 Å². The Morgan fingerprint density at radius 1 is 1.56 bits per heavy atom. The lowest BCUT2D eigenvalue weighted by Crippen LogP contribution is -2.14. The molecule has 16 heavy (non-hydrogen) atoms. The molecule has 1 aromatic carbocycles. The van der Waals surface area contributed by atoms with Gasteiger partial charge in [-0.05, 0) is 18.6 Å². The van der Waals surface area contributed by atoms with Crippen LogP contribution in [0.1, 0.15) is 13.3 Å². The summed E-state index contributed by atoms with van der Waals surface area (Å²) in [5.41, 5.74) is 0.940. The first-order chi connectivity index (χ1) is 7.70. The molecule has 0 radical (unpaired) electrons. The standard InChI is InChI=1S/C11H11NO2S2/c1-2-8(10(13)14)15-11-12-7-5-3-4-6-9(7)16-11/h3-6,8H,2H2,1H3,(H,13,14)/t8-/m1/s1. The van der Waals surface area contributed by atoms with Crippen LogP contribution in [-0.4, -0.2) is 21.3 Å². The summed E-state index contributed by atoms with van der Waals surface area (Å²) in [6.45, 7) is 1.87. The summed E-state index contributed by atoms with van der Waals surface area (Å²) in [4.78, 5) is 15.3. The highest BCUT2D eigenvalue weighted by atomic mass is 32.2. The third-order valence-corrected chi connectivity index (χ3v) is 4.65. The minimum absolute atomic E-state index is 0.402. The van der Waals surface area contributed by atoms with Gasteiger partial charge in [-0.25, -0.2) is 4.98 Å². The monoisotopic (exact) mass is 253 g/mol. The molecule has 84 valence electrons. The molecule has 2 aromatic rings. The predicted octanol–water partition coefficient (Wildman–Crippen LogP) is 3.25. The van der Waals surface area contributed by atoms with Gasteiger partial charge in [0.05, 0.1) is 10.2 Å². The van der Waals surface area contributed by atoms with Crippen LogP contribution in [0.3, 0.4) is 0 Å². The average molecular weight is 253 g/mol. The van der Waals surface area contributed by atoms with Crippen molar-refractivity contribution in [2.45, 2.75) is 22.9 Å². The highest BCUT2D eigenvalue weighted by Crippen LogP contribution is 2.32. The Labute approximate surface area is 102 Å². The minimum atomic E-state index is -0.772. The van der Waals surface area contributed by atoms with Crippen molar-refractivity contribution in [3.8, 4) is 0 Å². The number of thioether (sulfide) groups is 1. The quantitative estimate of drug-likeness (QED) is 0.850. The summed E-state index contributed by atoms with van der Waals surface area (Å²) in [5.74, 6) is -0.772. The molecule has 1 N–H and O–H groups in total. The summed E-state index contributed by atoms with van der Waals surface area (Å²) in [5, 5.41) is 8.56. The Balaban J connectivity index is 2.24. The number of nitrogens with zero attached hydrogens (tertiary/aromatic N) is 1. The number of aliphatic carboxylic acids is 1. The Bertz CT molecular complexity index is 476. The fraction of sp³-hybridized carbons (Fsp3) is 0.273. The molecule has 0 aliphatic carbocycles. The summed E-state index contributed by atoms with van der Waals surface area (Å²) in [7, 11) is 0. The van der Waals surface area contributed by atoms with Crippen LogP contribution in [0.4, 0.5) is 0 Å². The lowest BCUT2D eigenvalue weighted by atomic mass is 10.3. The molecule has 0 amide bonds. The summed E-state index contributed by atoms with van der Waals surface area (Å²) in [6, 6.07) is 7.84. The highest BCUT2D eigenvalue weighted by Gasteiger charge is 2.18. The number of carboxylic acids is 1. The van der Waals surface area contributed by atoms with E-state index < -0.39 is 11.2 Å². The predicted molar refractivity (Wildman–Crippen MR) is 67.2 cm³/mol. The summed E-state index contributed by atoms with van der Waals surface area (Å²) >= 11 is 2.88. The number of thiazole rings is 1. The van der Waals surface area contributed by atoms with Gasteiger partial charge in [-0.2, -0.15) is 0 Å².